The van der Waals surface area contributed by atoms with Crippen LogP contribution >= 0.6 is 0 Å². The van der Waals surface area contributed by atoms with Gasteiger partial charge in [0.05, 0.1) is 12.3 Å². The zero-order chi connectivity index (χ0) is 20.3. The van der Waals surface area contributed by atoms with Gasteiger partial charge in [0.25, 0.3) is 5.91 Å². The highest BCUT2D eigenvalue weighted by Gasteiger charge is 2.41. The summed E-state index contributed by atoms with van der Waals surface area (Å²) in [5, 5.41) is 0. The Hall–Kier alpha value is -3.53. The van der Waals surface area contributed by atoms with Gasteiger partial charge in [-0.2, -0.15) is 0 Å². The molecule has 0 N–H and O–H groups in total. The van der Waals surface area contributed by atoms with Crippen LogP contribution in [0.4, 0.5) is 0 Å². The highest BCUT2D eigenvalue weighted by atomic mass is 16.2. The minimum Gasteiger partial charge on any atom is -0.291 e. The molecule has 2 atom stereocenters. The van der Waals surface area contributed by atoms with E-state index in [9.17, 15) is 4.79 Å². The molecule has 4 heteroatoms. The van der Waals surface area contributed by atoms with Crippen molar-refractivity contribution in [3.05, 3.63) is 108 Å². The molecule has 0 aromatic heterocycles. The SMILES string of the molecule is O=C1C(Cc2ccccc2)N=C2C(Cc3ccccc3)N=C(c3ccccc3)CN12. The molecule has 0 fully saturated rings. The van der Waals surface area contributed by atoms with E-state index in [1.165, 1.54) is 5.56 Å². The second kappa shape index (κ2) is 8.07. The Labute approximate surface area is 176 Å². The van der Waals surface area contributed by atoms with E-state index in [-0.39, 0.29) is 18.0 Å². The molecule has 2 heterocycles. The van der Waals surface area contributed by atoms with Crippen molar-refractivity contribution in [1.82, 2.24) is 4.90 Å². The number of amidine groups is 1. The molecule has 2 unspecified atom stereocenters. The fourth-order valence-electron chi connectivity index (χ4n) is 4.18. The Balaban J connectivity index is 1.48. The van der Waals surface area contributed by atoms with Gasteiger partial charge in [-0.05, 0) is 16.7 Å². The van der Waals surface area contributed by atoms with E-state index in [0.717, 1.165) is 29.1 Å². The van der Waals surface area contributed by atoms with Gasteiger partial charge in [0.2, 0.25) is 0 Å². The number of carbonyl (C=O) groups excluding carboxylic acids is 1. The van der Waals surface area contributed by atoms with Crippen LogP contribution in [0.25, 0.3) is 0 Å². The molecule has 2 aliphatic rings. The summed E-state index contributed by atoms with van der Waals surface area (Å²) in [4.78, 5) is 25.1. The third-order valence-corrected chi connectivity index (χ3v) is 5.68. The summed E-state index contributed by atoms with van der Waals surface area (Å²) >= 11 is 0. The molecular formula is C26H23N3O. The van der Waals surface area contributed by atoms with Crippen LogP contribution in [0.3, 0.4) is 0 Å². The Kier molecular flexibility index (Phi) is 4.98. The Morgan fingerprint density at radius 1 is 0.700 bits per heavy atom. The summed E-state index contributed by atoms with van der Waals surface area (Å²) in [7, 11) is 0. The molecule has 1 amide bonds. The first-order valence-electron chi connectivity index (χ1n) is 10.4. The largest absolute Gasteiger partial charge is 0.291 e. The number of benzene rings is 3. The summed E-state index contributed by atoms with van der Waals surface area (Å²) in [6.45, 7) is 0.484. The van der Waals surface area contributed by atoms with Crippen LogP contribution in [0.2, 0.25) is 0 Å². The topological polar surface area (TPSA) is 45.0 Å². The number of amides is 1. The van der Waals surface area contributed by atoms with Crippen LogP contribution in [0.15, 0.2) is 101 Å². The number of rotatable bonds is 5. The van der Waals surface area contributed by atoms with Crippen molar-refractivity contribution in [2.45, 2.75) is 24.9 Å². The predicted octanol–water partition coefficient (Wildman–Crippen LogP) is 3.95. The molecule has 30 heavy (non-hydrogen) atoms. The summed E-state index contributed by atoms with van der Waals surface area (Å²) < 4.78 is 0. The molecule has 0 saturated carbocycles. The van der Waals surface area contributed by atoms with Crippen LogP contribution < -0.4 is 0 Å². The van der Waals surface area contributed by atoms with Gasteiger partial charge in [-0.25, -0.2) is 0 Å². The molecule has 0 spiro atoms. The van der Waals surface area contributed by atoms with Crippen molar-refractivity contribution in [3.8, 4) is 0 Å². The Morgan fingerprint density at radius 3 is 1.83 bits per heavy atom. The van der Waals surface area contributed by atoms with E-state index in [1.807, 2.05) is 59.5 Å². The number of aliphatic imine (C=N–C) groups is 2. The van der Waals surface area contributed by atoms with Crippen LogP contribution in [-0.2, 0) is 17.6 Å². The van der Waals surface area contributed by atoms with Crippen molar-refractivity contribution in [3.63, 3.8) is 0 Å². The predicted molar refractivity (Wildman–Crippen MR) is 120 cm³/mol. The Morgan fingerprint density at radius 2 is 1.23 bits per heavy atom. The van der Waals surface area contributed by atoms with E-state index < -0.39 is 0 Å². The summed E-state index contributed by atoms with van der Waals surface area (Å²) in [5.41, 5.74) is 4.34. The summed E-state index contributed by atoms with van der Waals surface area (Å²) in [6, 6.07) is 30.0. The molecule has 0 radical (unpaired) electrons. The van der Waals surface area contributed by atoms with Crippen molar-refractivity contribution in [2.75, 3.05) is 6.54 Å². The van der Waals surface area contributed by atoms with Crippen LogP contribution in [-0.4, -0.2) is 41.0 Å². The fraction of sp³-hybridized carbons (Fsp3) is 0.192. The van der Waals surface area contributed by atoms with Gasteiger partial charge in [0, 0.05) is 12.8 Å². The van der Waals surface area contributed by atoms with Gasteiger partial charge < -0.3 is 0 Å². The van der Waals surface area contributed by atoms with Crippen molar-refractivity contribution in [1.29, 1.82) is 0 Å². The first kappa shape index (κ1) is 18.5. The van der Waals surface area contributed by atoms with Gasteiger partial charge in [-0.15, -0.1) is 0 Å². The third-order valence-electron chi connectivity index (χ3n) is 5.68. The molecule has 5 rings (SSSR count). The smallest absolute Gasteiger partial charge is 0.253 e. The third kappa shape index (κ3) is 3.69. The number of hydrogen-bond acceptors (Lipinski definition) is 3. The molecular weight excluding hydrogens is 370 g/mol. The van der Waals surface area contributed by atoms with Gasteiger partial charge in [-0.1, -0.05) is 91.0 Å². The second-order valence-electron chi connectivity index (χ2n) is 7.76. The van der Waals surface area contributed by atoms with E-state index in [2.05, 4.69) is 36.4 Å². The minimum absolute atomic E-state index is 0.0789. The number of carbonyl (C=O) groups is 1. The van der Waals surface area contributed by atoms with Crippen molar-refractivity contribution in [2.24, 2.45) is 9.98 Å². The maximum Gasteiger partial charge on any atom is 0.253 e. The molecule has 3 aromatic rings. The van der Waals surface area contributed by atoms with Crippen LogP contribution in [0.5, 0.6) is 0 Å². The van der Waals surface area contributed by atoms with Crippen molar-refractivity contribution < 1.29 is 4.79 Å². The normalized spacial score (nSPS) is 20.5. The highest BCUT2D eigenvalue weighted by molar-refractivity contribution is 6.16. The summed E-state index contributed by atoms with van der Waals surface area (Å²) in [6.07, 6.45) is 1.36. The molecule has 0 aliphatic carbocycles. The maximum absolute atomic E-state index is 13.3. The minimum atomic E-state index is -0.369. The summed E-state index contributed by atoms with van der Waals surface area (Å²) in [5.74, 6) is 0.889. The first-order chi connectivity index (χ1) is 14.8. The van der Waals surface area contributed by atoms with Gasteiger partial charge in [0.1, 0.15) is 17.9 Å². The van der Waals surface area contributed by atoms with Gasteiger partial charge >= 0.3 is 0 Å². The molecule has 2 aliphatic heterocycles. The molecule has 4 nitrogen and oxygen atoms in total. The quantitative estimate of drug-likeness (QED) is 0.647. The average Bonchev–Trinajstić information content (AvgIpc) is 3.11. The molecule has 3 aromatic carbocycles. The highest BCUT2D eigenvalue weighted by Crippen LogP contribution is 2.25. The maximum atomic E-state index is 13.3. The number of hydrogen-bond donors (Lipinski definition) is 0. The lowest BCUT2D eigenvalue weighted by atomic mass is 10.0. The number of nitrogens with zero attached hydrogens (tertiary/aromatic N) is 3. The Bertz CT molecular complexity index is 1090. The fourth-order valence-corrected chi connectivity index (χ4v) is 4.18. The van der Waals surface area contributed by atoms with E-state index in [4.69, 9.17) is 9.98 Å². The zero-order valence-electron chi connectivity index (χ0n) is 16.7. The van der Waals surface area contributed by atoms with Gasteiger partial charge in [-0.3, -0.25) is 19.7 Å². The lowest BCUT2D eigenvalue weighted by Crippen LogP contribution is -2.48. The van der Waals surface area contributed by atoms with E-state index in [0.29, 0.717) is 13.0 Å². The average molecular weight is 393 g/mol. The number of fused-ring (bicyclic) bond motifs is 1. The molecule has 148 valence electrons. The van der Waals surface area contributed by atoms with Crippen LogP contribution in [0.1, 0.15) is 16.7 Å². The van der Waals surface area contributed by atoms with E-state index >= 15 is 0 Å². The lowest BCUT2D eigenvalue weighted by molar-refractivity contribution is -0.126. The van der Waals surface area contributed by atoms with Gasteiger partial charge in [0.15, 0.2) is 0 Å². The van der Waals surface area contributed by atoms with Crippen LogP contribution in [0, 0.1) is 0 Å². The monoisotopic (exact) mass is 393 g/mol. The van der Waals surface area contributed by atoms with E-state index in [1.54, 1.807) is 0 Å². The molecule has 0 saturated heterocycles. The first-order valence-corrected chi connectivity index (χ1v) is 10.4. The lowest BCUT2D eigenvalue weighted by Gasteiger charge is -2.29. The van der Waals surface area contributed by atoms with Crippen molar-refractivity contribution >= 4 is 17.5 Å². The zero-order valence-corrected chi connectivity index (χ0v) is 16.7. The second-order valence-corrected chi connectivity index (χ2v) is 7.76. The molecule has 0 bridgehead atoms. The standard InChI is InChI=1S/C26H23N3O/c30-26-23(17-20-12-6-2-7-13-20)28-25-22(16-19-10-4-1-5-11-19)27-24(18-29(25)26)21-14-8-3-9-15-21/h1-15,22-23H,16-18H2.